The van der Waals surface area contributed by atoms with Crippen LogP contribution in [0.3, 0.4) is 0 Å². The summed E-state index contributed by atoms with van der Waals surface area (Å²) in [5.74, 6) is 0. The van der Waals surface area contributed by atoms with Gasteiger partial charge in [-0.1, -0.05) is 0 Å². The lowest BCUT2D eigenvalue weighted by atomic mass is 10.0. The SMILES string of the molecule is COCC1OCC(OC)C(O)C1O. The number of rotatable bonds is 3. The van der Waals surface area contributed by atoms with E-state index < -0.39 is 24.4 Å². The van der Waals surface area contributed by atoms with Gasteiger partial charge in [-0.25, -0.2) is 0 Å². The fraction of sp³-hybridized carbons (Fsp3) is 1.00. The minimum absolute atomic E-state index is 0.272. The molecule has 1 fully saturated rings. The summed E-state index contributed by atoms with van der Waals surface area (Å²) in [5.41, 5.74) is 0. The molecule has 5 heteroatoms. The largest absolute Gasteiger partial charge is 0.388 e. The number of aliphatic hydroxyl groups is 2. The van der Waals surface area contributed by atoms with Crippen LogP contribution in [0.2, 0.25) is 0 Å². The molecule has 1 rings (SSSR count). The molecule has 78 valence electrons. The predicted octanol–water partition coefficient (Wildman–Crippen LogP) is -1.23. The second kappa shape index (κ2) is 4.88. The van der Waals surface area contributed by atoms with Crippen molar-refractivity contribution in [3.05, 3.63) is 0 Å². The molecule has 0 spiro atoms. The second-order valence-electron chi connectivity index (χ2n) is 3.08. The molecule has 1 heterocycles. The Hall–Kier alpha value is -0.200. The summed E-state index contributed by atoms with van der Waals surface area (Å²) < 4.78 is 15.0. The topological polar surface area (TPSA) is 68.2 Å². The zero-order chi connectivity index (χ0) is 9.84. The molecule has 1 aliphatic heterocycles. The first-order valence-electron chi connectivity index (χ1n) is 4.20. The second-order valence-corrected chi connectivity index (χ2v) is 3.08. The van der Waals surface area contributed by atoms with Gasteiger partial charge in [0, 0.05) is 14.2 Å². The molecule has 0 aliphatic carbocycles. The van der Waals surface area contributed by atoms with Crippen LogP contribution in [-0.2, 0) is 14.2 Å². The standard InChI is InChI=1S/C8H16O5/c1-11-3-6-8(10)7(9)5(12-2)4-13-6/h5-10H,3-4H2,1-2H3. The van der Waals surface area contributed by atoms with Crippen molar-refractivity contribution in [3.8, 4) is 0 Å². The van der Waals surface area contributed by atoms with Crippen molar-refractivity contribution in [1.82, 2.24) is 0 Å². The Morgan fingerprint density at radius 1 is 1.31 bits per heavy atom. The molecule has 1 aliphatic rings. The summed E-state index contributed by atoms with van der Waals surface area (Å²) in [5, 5.41) is 19.1. The molecule has 0 bridgehead atoms. The van der Waals surface area contributed by atoms with Crippen LogP contribution >= 0.6 is 0 Å². The highest BCUT2D eigenvalue weighted by Crippen LogP contribution is 2.17. The van der Waals surface area contributed by atoms with Crippen LogP contribution in [0.15, 0.2) is 0 Å². The van der Waals surface area contributed by atoms with Gasteiger partial charge in [0.25, 0.3) is 0 Å². The van der Waals surface area contributed by atoms with Crippen LogP contribution in [0, 0.1) is 0 Å². The highest BCUT2D eigenvalue weighted by molar-refractivity contribution is 4.87. The first-order valence-corrected chi connectivity index (χ1v) is 4.20. The third-order valence-electron chi connectivity index (χ3n) is 2.22. The van der Waals surface area contributed by atoms with Gasteiger partial charge in [0.05, 0.1) is 13.2 Å². The van der Waals surface area contributed by atoms with Crippen LogP contribution < -0.4 is 0 Å². The van der Waals surface area contributed by atoms with Gasteiger partial charge >= 0.3 is 0 Å². The molecule has 0 aromatic heterocycles. The minimum Gasteiger partial charge on any atom is -0.388 e. The van der Waals surface area contributed by atoms with E-state index in [9.17, 15) is 10.2 Å². The quantitative estimate of drug-likeness (QED) is 0.586. The third-order valence-corrected chi connectivity index (χ3v) is 2.22. The van der Waals surface area contributed by atoms with Gasteiger partial charge in [-0.2, -0.15) is 0 Å². The Morgan fingerprint density at radius 3 is 2.54 bits per heavy atom. The molecule has 2 N–H and O–H groups in total. The smallest absolute Gasteiger partial charge is 0.111 e. The maximum Gasteiger partial charge on any atom is 0.111 e. The van der Waals surface area contributed by atoms with Crippen molar-refractivity contribution in [2.24, 2.45) is 0 Å². The number of aliphatic hydroxyl groups excluding tert-OH is 2. The highest BCUT2D eigenvalue weighted by Gasteiger charge is 2.38. The van der Waals surface area contributed by atoms with E-state index in [1.807, 2.05) is 0 Å². The monoisotopic (exact) mass is 192 g/mol. The Balaban J connectivity index is 2.48. The molecule has 0 aromatic carbocycles. The lowest BCUT2D eigenvalue weighted by Gasteiger charge is -2.36. The zero-order valence-electron chi connectivity index (χ0n) is 7.84. The number of hydrogen-bond donors (Lipinski definition) is 2. The molecule has 1 saturated heterocycles. The fourth-order valence-corrected chi connectivity index (χ4v) is 1.37. The number of hydrogen-bond acceptors (Lipinski definition) is 5. The molecular weight excluding hydrogens is 176 g/mol. The normalized spacial score (nSPS) is 40.6. The van der Waals surface area contributed by atoms with E-state index in [4.69, 9.17) is 14.2 Å². The first-order chi connectivity index (χ1) is 6.20. The average Bonchev–Trinajstić information content (AvgIpc) is 2.14. The summed E-state index contributed by atoms with van der Waals surface area (Å²) in [4.78, 5) is 0. The van der Waals surface area contributed by atoms with Gasteiger partial charge in [-0.15, -0.1) is 0 Å². The molecule has 4 unspecified atom stereocenters. The van der Waals surface area contributed by atoms with Crippen molar-refractivity contribution >= 4 is 0 Å². The van der Waals surface area contributed by atoms with Gasteiger partial charge < -0.3 is 24.4 Å². The summed E-state index contributed by atoms with van der Waals surface area (Å²) in [6, 6.07) is 0. The van der Waals surface area contributed by atoms with E-state index >= 15 is 0 Å². The summed E-state index contributed by atoms with van der Waals surface area (Å²) >= 11 is 0. The maximum absolute atomic E-state index is 9.54. The van der Waals surface area contributed by atoms with Crippen LogP contribution in [0.1, 0.15) is 0 Å². The Labute approximate surface area is 77.2 Å². The van der Waals surface area contributed by atoms with Gasteiger partial charge in [0.15, 0.2) is 0 Å². The predicted molar refractivity (Wildman–Crippen MR) is 44.4 cm³/mol. The maximum atomic E-state index is 9.54. The zero-order valence-corrected chi connectivity index (χ0v) is 7.84. The minimum atomic E-state index is -0.946. The van der Waals surface area contributed by atoms with Crippen molar-refractivity contribution in [1.29, 1.82) is 0 Å². The van der Waals surface area contributed by atoms with E-state index in [1.165, 1.54) is 14.2 Å². The lowest BCUT2D eigenvalue weighted by Crippen LogP contribution is -2.54. The van der Waals surface area contributed by atoms with Gasteiger partial charge in [-0.05, 0) is 0 Å². The molecule has 0 aromatic rings. The molecule has 0 amide bonds. The molecule has 4 atom stereocenters. The average molecular weight is 192 g/mol. The molecule has 5 nitrogen and oxygen atoms in total. The van der Waals surface area contributed by atoms with Gasteiger partial charge in [0.2, 0.25) is 0 Å². The lowest BCUT2D eigenvalue weighted by molar-refractivity contribution is -0.204. The van der Waals surface area contributed by atoms with Crippen molar-refractivity contribution in [2.75, 3.05) is 27.4 Å². The Morgan fingerprint density at radius 2 is 2.00 bits per heavy atom. The fourth-order valence-electron chi connectivity index (χ4n) is 1.37. The van der Waals surface area contributed by atoms with E-state index in [1.54, 1.807) is 0 Å². The number of methoxy groups -OCH3 is 2. The Kier molecular flexibility index (Phi) is 4.08. The van der Waals surface area contributed by atoms with Crippen LogP contribution in [0.25, 0.3) is 0 Å². The summed E-state index contributed by atoms with van der Waals surface area (Å²) in [7, 11) is 2.99. The van der Waals surface area contributed by atoms with Crippen LogP contribution in [0.4, 0.5) is 0 Å². The summed E-state index contributed by atoms with van der Waals surface area (Å²) in [6.45, 7) is 0.553. The van der Waals surface area contributed by atoms with Crippen LogP contribution in [0.5, 0.6) is 0 Å². The molecule has 0 saturated carbocycles. The van der Waals surface area contributed by atoms with E-state index in [0.717, 1.165) is 0 Å². The third kappa shape index (κ3) is 2.38. The van der Waals surface area contributed by atoms with E-state index in [2.05, 4.69) is 0 Å². The van der Waals surface area contributed by atoms with Gasteiger partial charge in [0.1, 0.15) is 24.4 Å². The molecule has 0 radical (unpaired) electrons. The van der Waals surface area contributed by atoms with E-state index in [-0.39, 0.29) is 13.2 Å². The highest BCUT2D eigenvalue weighted by atomic mass is 16.6. The van der Waals surface area contributed by atoms with Crippen molar-refractivity contribution in [2.45, 2.75) is 24.4 Å². The molecule has 13 heavy (non-hydrogen) atoms. The van der Waals surface area contributed by atoms with Crippen molar-refractivity contribution in [3.63, 3.8) is 0 Å². The van der Waals surface area contributed by atoms with Crippen LogP contribution in [-0.4, -0.2) is 62.1 Å². The van der Waals surface area contributed by atoms with Gasteiger partial charge in [-0.3, -0.25) is 0 Å². The Bertz CT molecular complexity index is 149. The van der Waals surface area contributed by atoms with Crippen molar-refractivity contribution < 1.29 is 24.4 Å². The molecular formula is C8H16O5. The number of ether oxygens (including phenoxy) is 3. The van der Waals surface area contributed by atoms with E-state index in [0.29, 0.717) is 0 Å². The summed E-state index contributed by atoms with van der Waals surface area (Å²) in [6.07, 6.45) is -2.77. The first kappa shape index (κ1) is 10.9.